The molecule has 1 N–H and O–H groups in total. The van der Waals surface area contributed by atoms with Gasteiger partial charge in [0.2, 0.25) is 0 Å². The van der Waals surface area contributed by atoms with Crippen LogP contribution in [-0.2, 0) is 16.0 Å². The lowest BCUT2D eigenvalue weighted by atomic mass is 9.88. The van der Waals surface area contributed by atoms with Gasteiger partial charge in [0.15, 0.2) is 5.11 Å². The monoisotopic (exact) mass is 578 g/mol. The van der Waals surface area contributed by atoms with Crippen LogP contribution in [0.3, 0.4) is 0 Å². The molecule has 2 saturated heterocycles. The van der Waals surface area contributed by atoms with Crippen LogP contribution in [0, 0.1) is 0 Å². The number of hydrogen-bond donors (Lipinski definition) is 1. The van der Waals surface area contributed by atoms with Gasteiger partial charge in [-0.05, 0) is 66.5 Å². The summed E-state index contributed by atoms with van der Waals surface area (Å²) in [5.41, 5.74) is 4.38. The number of aromatic amines is 1. The van der Waals surface area contributed by atoms with Crippen LogP contribution in [0.4, 0.5) is 0 Å². The Labute approximate surface area is 245 Å². The Kier molecular flexibility index (Phi) is 7.20. The second-order valence-corrected chi connectivity index (χ2v) is 12.2. The van der Waals surface area contributed by atoms with Crippen molar-refractivity contribution in [1.82, 2.24) is 19.7 Å². The predicted molar refractivity (Wildman–Crippen MR) is 160 cm³/mol. The third-order valence-electron chi connectivity index (χ3n) is 9.05. The van der Waals surface area contributed by atoms with Crippen LogP contribution in [0.2, 0.25) is 5.02 Å². The molecule has 2 aromatic carbocycles. The summed E-state index contributed by atoms with van der Waals surface area (Å²) >= 11 is 12.5. The van der Waals surface area contributed by atoms with E-state index in [4.69, 9.17) is 33.3 Å². The highest BCUT2D eigenvalue weighted by Gasteiger charge is 2.52. The van der Waals surface area contributed by atoms with Crippen LogP contribution < -0.4 is 4.74 Å². The molecule has 1 amide bonds. The van der Waals surface area contributed by atoms with Crippen molar-refractivity contribution in [2.75, 3.05) is 39.5 Å². The number of ether oxygens (including phenoxy) is 2. The fourth-order valence-electron chi connectivity index (χ4n) is 7.00. The normalized spacial score (nSPS) is 24.0. The zero-order chi connectivity index (χ0) is 27.2. The average molecular weight is 579 g/mol. The van der Waals surface area contributed by atoms with Gasteiger partial charge in [-0.15, -0.1) is 0 Å². The van der Waals surface area contributed by atoms with E-state index in [1.807, 2.05) is 35.2 Å². The highest BCUT2D eigenvalue weighted by molar-refractivity contribution is 7.80. The van der Waals surface area contributed by atoms with Crippen molar-refractivity contribution >= 4 is 45.7 Å². The van der Waals surface area contributed by atoms with Crippen LogP contribution in [0.25, 0.3) is 10.9 Å². The number of carbonyl (C=O) groups is 1. The highest BCUT2D eigenvalue weighted by atomic mass is 35.5. The lowest BCUT2D eigenvalue weighted by Gasteiger charge is -2.38. The molecule has 0 bridgehead atoms. The fraction of sp³-hybridized carbons (Fsp3) is 0.484. The van der Waals surface area contributed by atoms with Gasteiger partial charge in [0.05, 0.1) is 19.3 Å². The molecule has 0 spiro atoms. The van der Waals surface area contributed by atoms with Gasteiger partial charge in [-0.3, -0.25) is 14.6 Å². The number of carbonyl (C=O) groups excluding carboxylic acids is 1. The zero-order valence-corrected chi connectivity index (χ0v) is 24.2. The van der Waals surface area contributed by atoms with Crippen molar-refractivity contribution < 1.29 is 14.3 Å². The molecule has 7 rings (SSSR count). The van der Waals surface area contributed by atoms with E-state index in [0.717, 1.165) is 92.0 Å². The summed E-state index contributed by atoms with van der Waals surface area (Å²) in [7, 11) is 0. The number of nitrogens with zero attached hydrogens (tertiary/aromatic N) is 3. The first kappa shape index (κ1) is 26.3. The van der Waals surface area contributed by atoms with Crippen LogP contribution in [0.5, 0.6) is 5.75 Å². The van der Waals surface area contributed by atoms with Gasteiger partial charge in [0.25, 0.3) is 5.91 Å². The van der Waals surface area contributed by atoms with Crippen molar-refractivity contribution in [2.45, 2.75) is 56.7 Å². The Balaban J connectivity index is 1.20. The molecule has 1 aliphatic carbocycles. The Morgan fingerprint density at radius 2 is 1.82 bits per heavy atom. The molecule has 4 aliphatic rings. The second kappa shape index (κ2) is 11.0. The van der Waals surface area contributed by atoms with E-state index in [9.17, 15) is 4.79 Å². The van der Waals surface area contributed by atoms with E-state index in [1.54, 1.807) is 0 Å². The van der Waals surface area contributed by atoms with Gasteiger partial charge in [0, 0.05) is 53.7 Å². The SMILES string of the molecule is O=C1C2Cc3c([nH]c4ccc(Cl)cc34)C(c3ccc(OCCN4CCOCC4)cc3)N2C(=S)N1C1CCCCC1. The molecule has 1 saturated carbocycles. The molecule has 4 heterocycles. The number of nitrogens with one attached hydrogen (secondary N) is 1. The maximum Gasteiger partial charge on any atom is 0.252 e. The third kappa shape index (κ3) is 4.69. The first-order chi connectivity index (χ1) is 19.6. The fourth-order valence-corrected chi connectivity index (χ4v) is 7.64. The van der Waals surface area contributed by atoms with E-state index in [1.165, 1.54) is 6.42 Å². The minimum absolute atomic E-state index is 0.145. The van der Waals surface area contributed by atoms with Gasteiger partial charge in [-0.1, -0.05) is 43.0 Å². The minimum atomic E-state index is -0.311. The van der Waals surface area contributed by atoms with Gasteiger partial charge in [-0.25, -0.2) is 0 Å². The number of hydrogen-bond acceptors (Lipinski definition) is 5. The first-order valence-electron chi connectivity index (χ1n) is 14.6. The molecule has 3 aliphatic heterocycles. The highest BCUT2D eigenvalue weighted by Crippen LogP contribution is 2.45. The predicted octanol–water partition coefficient (Wildman–Crippen LogP) is 5.31. The maximum atomic E-state index is 14.0. The summed E-state index contributed by atoms with van der Waals surface area (Å²) in [6, 6.07) is 14.0. The van der Waals surface area contributed by atoms with E-state index >= 15 is 0 Å². The number of benzene rings is 2. The third-order valence-corrected chi connectivity index (χ3v) is 9.69. The number of thiocarbonyl (C=S) groups is 1. The molecule has 0 radical (unpaired) electrons. The topological polar surface area (TPSA) is 61.0 Å². The number of halogens is 1. The summed E-state index contributed by atoms with van der Waals surface area (Å²) in [4.78, 5) is 24.2. The molecule has 2 atom stereocenters. The Hall–Kier alpha value is -2.65. The smallest absolute Gasteiger partial charge is 0.252 e. The standard InChI is InChI=1S/C31H35ClN4O3S/c32-21-8-11-26-24(18-21)25-19-27-30(37)35(22-4-2-1-3-5-22)31(40)36(27)29(28(25)33-26)20-6-9-23(10-7-20)39-17-14-34-12-15-38-16-13-34/h6-11,18,22,27,29,33H,1-5,12-17,19H2. The molecule has 9 heteroatoms. The second-order valence-electron chi connectivity index (χ2n) is 11.4. The molecular formula is C31H35ClN4O3S. The molecular weight excluding hydrogens is 544 g/mol. The van der Waals surface area contributed by atoms with Gasteiger partial charge < -0.3 is 19.4 Å². The lowest BCUT2D eigenvalue weighted by Crippen LogP contribution is -2.44. The number of rotatable bonds is 6. The van der Waals surface area contributed by atoms with Crippen LogP contribution in [-0.4, -0.2) is 82.2 Å². The van der Waals surface area contributed by atoms with Gasteiger partial charge in [-0.2, -0.15) is 0 Å². The number of aromatic nitrogens is 1. The summed E-state index contributed by atoms with van der Waals surface area (Å²) in [6.45, 7) is 5.01. The zero-order valence-electron chi connectivity index (χ0n) is 22.6. The molecule has 2 unspecified atom stereocenters. The van der Waals surface area contributed by atoms with E-state index in [2.05, 4.69) is 26.9 Å². The average Bonchev–Trinajstić information content (AvgIpc) is 3.47. The van der Waals surface area contributed by atoms with Crippen LogP contribution in [0.1, 0.15) is 55.0 Å². The molecule has 1 aromatic heterocycles. The Morgan fingerprint density at radius 1 is 1.05 bits per heavy atom. The number of amides is 1. The quantitative estimate of drug-likeness (QED) is 0.400. The summed E-state index contributed by atoms with van der Waals surface area (Å²) in [5.74, 6) is 0.990. The number of H-pyrrole nitrogens is 1. The molecule has 40 heavy (non-hydrogen) atoms. The minimum Gasteiger partial charge on any atom is -0.492 e. The molecule has 3 aromatic rings. The molecule has 7 nitrogen and oxygen atoms in total. The summed E-state index contributed by atoms with van der Waals surface area (Å²) in [6.07, 6.45) is 6.21. The number of fused-ring (bicyclic) bond motifs is 4. The van der Waals surface area contributed by atoms with E-state index < -0.39 is 0 Å². The number of morpholine rings is 1. The van der Waals surface area contributed by atoms with Crippen molar-refractivity contribution in [3.8, 4) is 5.75 Å². The molecule has 3 fully saturated rings. The van der Waals surface area contributed by atoms with Crippen LogP contribution >= 0.6 is 23.8 Å². The van der Waals surface area contributed by atoms with Gasteiger partial charge >= 0.3 is 0 Å². The van der Waals surface area contributed by atoms with Crippen molar-refractivity contribution in [3.05, 3.63) is 64.3 Å². The van der Waals surface area contributed by atoms with Crippen molar-refractivity contribution in [1.29, 1.82) is 0 Å². The van der Waals surface area contributed by atoms with Gasteiger partial charge in [0.1, 0.15) is 18.4 Å². The lowest BCUT2D eigenvalue weighted by molar-refractivity contribution is -0.130. The summed E-state index contributed by atoms with van der Waals surface area (Å²) < 4.78 is 11.5. The molecule has 210 valence electrons. The van der Waals surface area contributed by atoms with Crippen LogP contribution in [0.15, 0.2) is 42.5 Å². The Bertz CT molecular complexity index is 1410. The first-order valence-corrected chi connectivity index (χ1v) is 15.4. The summed E-state index contributed by atoms with van der Waals surface area (Å²) in [5, 5.41) is 2.45. The Morgan fingerprint density at radius 3 is 2.60 bits per heavy atom. The van der Waals surface area contributed by atoms with E-state index in [-0.39, 0.29) is 24.0 Å². The largest absolute Gasteiger partial charge is 0.492 e. The van der Waals surface area contributed by atoms with E-state index in [0.29, 0.717) is 23.2 Å². The maximum absolute atomic E-state index is 14.0. The van der Waals surface area contributed by atoms with Crippen molar-refractivity contribution in [2.24, 2.45) is 0 Å². The van der Waals surface area contributed by atoms with Crippen molar-refractivity contribution in [3.63, 3.8) is 0 Å².